The van der Waals surface area contributed by atoms with Crippen LogP contribution in [0.2, 0.25) is 5.02 Å². The summed E-state index contributed by atoms with van der Waals surface area (Å²) < 4.78 is 0. The van der Waals surface area contributed by atoms with Crippen LogP contribution in [-0.2, 0) is 0 Å². The Kier molecular flexibility index (Phi) is 4.16. The van der Waals surface area contributed by atoms with E-state index in [0.717, 1.165) is 22.3 Å². The van der Waals surface area contributed by atoms with E-state index >= 15 is 0 Å². The van der Waals surface area contributed by atoms with E-state index in [1.807, 2.05) is 18.2 Å². The normalized spacial score (nSPS) is 25.3. The molecule has 2 nitrogen and oxygen atoms in total. The third-order valence-electron chi connectivity index (χ3n) is 3.63. The van der Waals surface area contributed by atoms with Gasteiger partial charge in [0.1, 0.15) is 0 Å². The van der Waals surface area contributed by atoms with Crippen LogP contribution in [0.25, 0.3) is 0 Å². The molecule has 1 aromatic rings. The molecule has 2 atom stereocenters. The molecule has 1 aliphatic carbocycles. The standard InChI is InChI=1S/C14H21ClN2/c1-10-3-2-4-12(7-5-10)17-14-9-11(15)6-8-13(14)16/h6,8-10,12,17H,2-5,7,16H2,1H3. The lowest BCUT2D eigenvalue weighted by Gasteiger charge is -2.19. The van der Waals surface area contributed by atoms with Crippen LogP contribution < -0.4 is 11.1 Å². The summed E-state index contributed by atoms with van der Waals surface area (Å²) in [6.07, 6.45) is 6.42. The Labute approximate surface area is 109 Å². The van der Waals surface area contributed by atoms with Crippen LogP contribution in [-0.4, -0.2) is 6.04 Å². The first-order valence-corrected chi connectivity index (χ1v) is 6.84. The molecule has 3 heteroatoms. The fourth-order valence-corrected chi connectivity index (χ4v) is 2.68. The van der Waals surface area contributed by atoms with Gasteiger partial charge in [-0.1, -0.05) is 31.4 Å². The first-order valence-electron chi connectivity index (χ1n) is 6.46. The van der Waals surface area contributed by atoms with Crippen molar-refractivity contribution in [1.82, 2.24) is 0 Å². The summed E-state index contributed by atoms with van der Waals surface area (Å²) in [5, 5.41) is 4.28. The number of hydrogen-bond donors (Lipinski definition) is 2. The Morgan fingerprint density at radius 1 is 1.24 bits per heavy atom. The van der Waals surface area contributed by atoms with Crippen molar-refractivity contribution in [2.45, 2.75) is 45.1 Å². The Morgan fingerprint density at radius 3 is 2.88 bits per heavy atom. The second kappa shape index (κ2) is 5.63. The maximum Gasteiger partial charge on any atom is 0.0590 e. The van der Waals surface area contributed by atoms with E-state index in [1.165, 1.54) is 32.1 Å². The molecule has 0 radical (unpaired) electrons. The molecule has 1 aliphatic rings. The first kappa shape index (κ1) is 12.6. The molecular formula is C14H21ClN2. The zero-order chi connectivity index (χ0) is 12.3. The average Bonchev–Trinajstić information content (AvgIpc) is 2.49. The lowest BCUT2D eigenvalue weighted by Crippen LogP contribution is -2.19. The van der Waals surface area contributed by atoms with Crippen molar-refractivity contribution in [2.75, 3.05) is 11.1 Å². The van der Waals surface area contributed by atoms with Crippen molar-refractivity contribution >= 4 is 23.0 Å². The van der Waals surface area contributed by atoms with Crippen molar-refractivity contribution < 1.29 is 0 Å². The zero-order valence-corrected chi connectivity index (χ0v) is 11.1. The van der Waals surface area contributed by atoms with Gasteiger partial charge in [0, 0.05) is 11.1 Å². The van der Waals surface area contributed by atoms with Gasteiger partial charge in [-0.15, -0.1) is 0 Å². The van der Waals surface area contributed by atoms with E-state index < -0.39 is 0 Å². The van der Waals surface area contributed by atoms with Crippen molar-refractivity contribution in [3.63, 3.8) is 0 Å². The van der Waals surface area contributed by atoms with Gasteiger partial charge in [0.15, 0.2) is 0 Å². The molecule has 0 spiro atoms. The number of nitrogens with two attached hydrogens (primary N) is 1. The highest BCUT2D eigenvalue weighted by atomic mass is 35.5. The second-order valence-corrected chi connectivity index (χ2v) is 5.62. The Bertz CT molecular complexity index is 378. The van der Waals surface area contributed by atoms with Crippen LogP contribution >= 0.6 is 11.6 Å². The smallest absolute Gasteiger partial charge is 0.0590 e. The van der Waals surface area contributed by atoms with Crippen LogP contribution in [0, 0.1) is 5.92 Å². The molecule has 1 saturated carbocycles. The number of halogens is 1. The van der Waals surface area contributed by atoms with Gasteiger partial charge in [-0.2, -0.15) is 0 Å². The fourth-order valence-electron chi connectivity index (χ4n) is 2.50. The lowest BCUT2D eigenvalue weighted by molar-refractivity contribution is 0.502. The van der Waals surface area contributed by atoms with Crippen molar-refractivity contribution in [1.29, 1.82) is 0 Å². The lowest BCUT2D eigenvalue weighted by atomic mass is 10.0. The van der Waals surface area contributed by atoms with Crippen LogP contribution in [0.5, 0.6) is 0 Å². The molecule has 2 rings (SSSR count). The molecule has 1 fully saturated rings. The van der Waals surface area contributed by atoms with Gasteiger partial charge in [0.25, 0.3) is 0 Å². The molecule has 17 heavy (non-hydrogen) atoms. The summed E-state index contributed by atoms with van der Waals surface area (Å²) in [5.74, 6) is 0.860. The van der Waals surface area contributed by atoms with Crippen LogP contribution in [0.15, 0.2) is 18.2 Å². The number of rotatable bonds is 2. The molecule has 0 bridgehead atoms. The number of hydrogen-bond acceptors (Lipinski definition) is 2. The number of anilines is 2. The van der Waals surface area contributed by atoms with E-state index in [2.05, 4.69) is 12.2 Å². The Hall–Kier alpha value is -0.890. The summed E-state index contributed by atoms with van der Waals surface area (Å²) in [6.45, 7) is 2.34. The minimum Gasteiger partial charge on any atom is -0.397 e. The van der Waals surface area contributed by atoms with Crippen LogP contribution in [0.1, 0.15) is 39.0 Å². The van der Waals surface area contributed by atoms with Crippen molar-refractivity contribution in [2.24, 2.45) is 5.92 Å². The minimum atomic E-state index is 0.542. The van der Waals surface area contributed by atoms with Crippen LogP contribution in [0.3, 0.4) is 0 Å². The van der Waals surface area contributed by atoms with Gasteiger partial charge in [-0.3, -0.25) is 0 Å². The van der Waals surface area contributed by atoms with Crippen molar-refractivity contribution in [3.05, 3.63) is 23.2 Å². The fraction of sp³-hybridized carbons (Fsp3) is 0.571. The zero-order valence-electron chi connectivity index (χ0n) is 10.4. The Balaban J connectivity index is 2.02. The summed E-state index contributed by atoms with van der Waals surface area (Å²) in [6, 6.07) is 6.16. The summed E-state index contributed by atoms with van der Waals surface area (Å²) in [7, 11) is 0. The maximum atomic E-state index is 5.99. The third-order valence-corrected chi connectivity index (χ3v) is 3.87. The highest BCUT2D eigenvalue weighted by Crippen LogP contribution is 2.28. The van der Waals surface area contributed by atoms with Crippen molar-refractivity contribution in [3.8, 4) is 0 Å². The topological polar surface area (TPSA) is 38.0 Å². The monoisotopic (exact) mass is 252 g/mol. The quantitative estimate of drug-likeness (QED) is 0.608. The second-order valence-electron chi connectivity index (χ2n) is 5.19. The summed E-state index contributed by atoms with van der Waals surface area (Å²) in [4.78, 5) is 0. The average molecular weight is 253 g/mol. The highest BCUT2D eigenvalue weighted by Gasteiger charge is 2.16. The van der Waals surface area contributed by atoms with Gasteiger partial charge in [-0.25, -0.2) is 0 Å². The highest BCUT2D eigenvalue weighted by molar-refractivity contribution is 6.31. The van der Waals surface area contributed by atoms with Gasteiger partial charge in [0.05, 0.1) is 11.4 Å². The number of nitrogens with one attached hydrogen (secondary N) is 1. The maximum absolute atomic E-state index is 5.99. The largest absolute Gasteiger partial charge is 0.397 e. The van der Waals surface area contributed by atoms with Gasteiger partial charge < -0.3 is 11.1 Å². The number of nitrogen functional groups attached to an aromatic ring is 1. The van der Waals surface area contributed by atoms with E-state index in [4.69, 9.17) is 17.3 Å². The molecule has 94 valence electrons. The molecule has 0 heterocycles. The molecule has 0 aromatic heterocycles. The van der Waals surface area contributed by atoms with Gasteiger partial charge in [0.2, 0.25) is 0 Å². The van der Waals surface area contributed by atoms with E-state index in [1.54, 1.807) is 0 Å². The first-order chi connectivity index (χ1) is 8.15. The SMILES string of the molecule is CC1CCCC(Nc2cc(Cl)ccc2N)CC1. The molecule has 2 unspecified atom stereocenters. The predicted octanol–water partition coefficient (Wildman–Crippen LogP) is 4.30. The third kappa shape index (κ3) is 3.53. The molecule has 1 aromatic carbocycles. The summed E-state index contributed by atoms with van der Waals surface area (Å²) >= 11 is 5.99. The van der Waals surface area contributed by atoms with Gasteiger partial charge >= 0.3 is 0 Å². The molecule has 0 saturated heterocycles. The van der Waals surface area contributed by atoms with Gasteiger partial charge in [-0.05, 0) is 43.4 Å². The molecule has 0 amide bonds. The summed E-state index contributed by atoms with van der Waals surface area (Å²) in [5.41, 5.74) is 7.72. The number of benzene rings is 1. The molecular weight excluding hydrogens is 232 g/mol. The van der Waals surface area contributed by atoms with E-state index in [-0.39, 0.29) is 0 Å². The predicted molar refractivity (Wildman–Crippen MR) is 75.5 cm³/mol. The van der Waals surface area contributed by atoms with E-state index in [0.29, 0.717) is 6.04 Å². The molecule has 0 aliphatic heterocycles. The minimum absolute atomic E-state index is 0.542. The Morgan fingerprint density at radius 2 is 2.06 bits per heavy atom. The molecule has 3 N–H and O–H groups in total. The van der Waals surface area contributed by atoms with Crippen LogP contribution in [0.4, 0.5) is 11.4 Å². The van der Waals surface area contributed by atoms with E-state index in [9.17, 15) is 0 Å².